The fourth-order valence-electron chi connectivity index (χ4n) is 3.19. The van der Waals surface area contributed by atoms with Crippen molar-refractivity contribution in [1.82, 2.24) is 4.90 Å². The summed E-state index contributed by atoms with van der Waals surface area (Å²) in [4.78, 5) is 39.0. The molecule has 1 aromatic carbocycles. The van der Waals surface area contributed by atoms with Crippen LogP contribution in [0.1, 0.15) is 12.8 Å². The van der Waals surface area contributed by atoms with Crippen molar-refractivity contribution in [1.29, 1.82) is 0 Å². The Hall–Kier alpha value is -1.89. The molecular formula is C16H17BrN2O4. The van der Waals surface area contributed by atoms with E-state index in [0.29, 0.717) is 19.5 Å². The summed E-state index contributed by atoms with van der Waals surface area (Å²) in [7, 11) is 0. The number of carbonyl (C=O) groups is 3. The minimum absolute atomic E-state index is 0.0737. The lowest BCUT2D eigenvalue weighted by Gasteiger charge is -2.21. The van der Waals surface area contributed by atoms with Gasteiger partial charge in [0, 0.05) is 36.2 Å². The molecule has 2 atom stereocenters. The molecule has 2 aliphatic rings. The second-order valence-electron chi connectivity index (χ2n) is 5.99. The second kappa shape index (κ2) is 6.31. The third kappa shape index (κ3) is 3.24. The average Bonchev–Trinajstić information content (AvgIpc) is 3.13. The highest BCUT2D eigenvalue weighted by Gasteiger charge is 2.40. The first-order valence-corrected chi connectivity index (χ1v) is 8.32. The summed E-state index contributed by atoms with van der Waals surface area (Å²) in [6.07, 6.45) is 0.663. The fourth-order valence-corrected chi connectivity index (χ4v) is 3.57. The summed E-state index contributed by atoms with van der Waals surface area (Å²) < 4.78 is 0.876. The number of halogens is 1. The quantitative estimate of drug-likeness (QED) is 0.865. The zero-order chi connectivity index (χ0) is 16.6. The second-order valence-corrected chi connectivity index (χ2v) is 6.91. The first-order chi connectivity index (χ1) is 11.0. The molecule has 0 spiro atoms. The number of anilines is 1. The van der Waals surface area contributed by atoms with Gasteiger partial charge in [-0.2, -0.15) is 0 Å². The number of amides is 2. The number of rotatable bonds is 3. The highest BCUT2D eigenvalue weighted by molar-refractivity contribution is 9.10. The van der Waals surface area contributed by atoms with Gasteiger partial charge in [-0.05, 0) is 24.6 Å². The number of carboxylic acids is 1. The zero-order valence-electron chi connectivity index (χ0n) is 12.4. The Kier molecular flexibility index (Phi) is 4.39. The van der Waals surface area contributed by atoms with Gasteiger partial charge in [-0.1, -0.05) is 22.0 Å². The molecule has 2 aliphatic heterocycles. The van der Waals surface area contributed by atoms with Crippen LogP contribution in [0.2, 0.25) is 0 Å². The highest BCUT2D eigenvalue weighted by atomic mass is 79.9. The van der Waals surface area contributed by atoms with Crippen molar-refractivity contribution in [2.24, 2.45) is 11.8 Å². The SMILES string of the molecule is O=C(O)[C@@H]1CCN(C(=O)[C@H]2CC(=O)N(c3cccc(Br)c3)C2)C1. The van der Waals surface area contributed by atoms with E-state index in [0.717, 1.165) is 10.2 Å². The van der Waals surface area contributed by atoms with Gasteiger partial charge in [-0.25, -0.2) is 0 Å². The van der Waals surface area contributed by atoms with Crippen LogP contribution in [0, 0.1) is 11.8 Å². The molecular weight excluding hydrogens is 364 g/mol. The minimum Gasteiger partial charge on any atom is -0.481 e. The van der Waals surface area contributed by atoms with Crippen molar-refractivity contribution >= 4 is 39.4 Å². The molecule has 2 fully saturated rings. The van der Waals surface area contributed by atoms with Gasteiger partial charge in [-0.15, -0.1) is 0 Å². The van der Waals surface area contributed by atoms with Crippen molar-refractivity contribution < 1.29 is 19.5 Å². The number of hydrogen-bond donors (Lipinski definition) is 1. The van der Waals surface area contributed by atoms with E-state index in [1.165, 1.54) is 0 Å². The zero-order valence-corrected chi connectivity index (χ0v) is 14.0. The van der Waals surface area contributed by atoms with Gasteiger partial charge in [-0.3, -0.25) is 14.4 Å². The predicted octanol–water partition coefficient (Wildman–Crippen LogP) is 1.74. The minimum atomic E-state index is -0.862. The van der Waals surface area contributed by atoms with Gasteiger partial charge in [0.05, 0.1) is 11.8 Å². The Labute approximate surface area is 142 Å². The van der Waals surface area contributed by atoms with Gasteiger partial charge in [0.2, 0.25) is 11.8 Å². The molecule has 6 nitrogen and oxygen atoms in total. The summed E-state index contributed by atoms with van der Waals surface area (Å²) in [5.74, 6) is -1.93. The van der Waals surface area contributed by atoms with E-state index in [1.807, 2.05) is 24.3 Å². The lowest BCUT2D eigenvalue weighted by Crippen LogP contribution is -2.36. The first kappa shape index (κ1) is 16.0. The molecule has 0 aliphatic carbocycles. The number of hydrogen-bond acceptors (Lipinski definition) is 3. The summed E-state index contributed by atoms with van der Waals surface area (Å²) in [6, 6.07) is 7.41. The van der Waals surface area contributed by atoms with Gasteiger partial charge in [0.25, 0.3) is 0 Å². The van der Waals surface area contributed by atoms with Gasteiger partial charge in [0.1, 0.15) is 0 Å². The summed E-state index contributed by atoms with van der Waals surface area (Å²) in [5.41, 5.74) is 0.768. The Morgan fingerprint density at radius 2 is 2.00 bits per heavy atom. The van der Waals surface area contributed by atoms with E-state index >= 15 is 0 Å². The van der Waals surface area contributed by atoms with E-state index in [4.69, 9.17) is 5.11 Å². The number of benzene rings is 1. The molecule has 0 unspecified atom stereocenters. The fraction of sp³-hybridized carbons (Fsp3) is 0.438. The summed E-state index contributed by atoms with van der Waals surface area (Å²) >= 11 is 3.38. The molecule has 2 amide bonds. The maximum Gasteiger partial charge on any atom is 0.308 e. The van der Waals surface area contributed by atoms with E-state index in [2.05, 4.69) is 15.9 Å². The highest BCUT2D eigenvalue weighted by Crippen LogP contribution is 2.29. The first-order valence-electron chi connectivity index (χ1n) is 7.53. The van der Waals surface area contributed by atoms with Crippen molar-refractivity contribution in [2.45, 2.75) is 12.8 Å². The Bertz CT molecular complexity index is 663. The van der Waals surface area contributed by atoms with Crippen molar-refractivity contribution in [3.05, 3.63) is 28.7 Å². The molecule has 7 heteroatoms. The van der Waals surface area contributed by atoms with Crippen LogP contribution in [0.25, 0.3) is 0 Å². The molecule has 23 heavy (non-hydrogen) atoms. The van der Waals surface area contributed by atoms with E-state index in [1.54, 1.807) is 9.80 Å². The molecule has 0 saturated carbocycles. The van der Waals surface area contributed by atoms with Crippen LogP contribution in [0.4, 0.5) is 5.69 Å². The molecule has 2 saturated heterocycles. The largest absolute Gasteiger partial charge is 0.481 e. The van der Waals surface area contributed by atoms with Crippen LogP contribution in [0.15, 0.2) is 28.7 Å². The Balaban J connectivity index is 1.68. The predicted molar refractivity (Wildman–Crippen MR) is 86.9 cm³/mol. The standard InChI is InChI=1S/C16H17BrN2O4/c17-12-2-1-3-13(7-12)19-9-11(6-14(19)20)15(21)18-5-4-10(8-18)16(22)23/h1-3,7,10-11H,4-6,8-9H2,(H,22,23)/t10-,11+/m1/s1. The topological polar surface area (TPSA) is 77.9 Å². The maximum atomic E-state index is 12.5. The van der Waals surface area contributed by atoms with Gasteiger partial charge >= 0.3 is 5.97 Å². The number of carbonyl (C=O) groups excluding carboxylic acids is 2. The van der Waals surface area contributed by atoms with Gasteiger partial charge < -0.3 is 14.9 Å². The lowest BCUT2D eigenvalue weighted by atomic mass is 10.1. The Morgan fingerprint density at radius 3 is 2.65 bits per heavy atom. The molecule has 2 heterocycles. The Morgan fingerprint density at radius 1 is 1.22 bits per heavy atom. The number of aliphatic carboxylic acids is 1. The van der Waals surface area contributed by atoms with E-state index < -0.39 is 17.8 Å². The van der Waals surface area contributed by atoms with Crippen molar-refractivity contribution in [2.75, 3.05) is 24.5 Å². The maximum absolute atomic E-state index is 12.5. The van der Waals surface area contributed by atoms with E-state index in [9.17, 15) is 14.4 Å². The summed E-state index contributed by atoms with van der Waals surface area (Å²) in [6.45, 7) is 1.05. The summed E-state index contributed by atoms with van der Waals surface area (Å²) in [5, 5.41) is 9.03. The third-order valence-electron chi connectivity index (χ3n) is 4.44. The van der Waals surface area contributed by atoms with Crippen LogP contribution in [-0.4, -0.2) is 47.4 Å². The van der Waals surface area contributed by atoms with Crippen molar-refractivity contribution in [3.63, 3.8) is 0 Å². The normalized spacial score (nSPS) is 24.3. The molecule has 3 rings (SSSR count). The third-order valence-corrected chi connectivity index (χ3v) is 4.94. The van der Waals surface area contributed by atoms with Gasteiger partial charge in [0.15, 0.2) is 0 Å². The van der Waals surface area contributed by atoms with E-state index in [-0.39, 0.29) is 24.8 Å². The average molecular weight is 381 g/mol. The molecule has 1 aromatic rings. The smallest absolute Gasteiger partial charge is 0.308 e. The lowest BCUT2D eigenvalue weighted by molar-refractivity contribution is -0.141. The molecule has 122 valence electrons. The van der Waals surface area contributed by atoms with Crippen LogP contribution >= 0.6 is 15.9 Å². The van der Waals surface area contributed by atoms with Crippen molar-refractivity contribution in [3.8, 4) is 0 Å². The molecule has 1 N–H and O–H groups in total. The molecule has 0 radical (unpaired) electrons. The van der Waals surface area contributed by atoms with Crippen LogP contribution in [0.3, 0.4) is 0 Å². The molecule has 0 aromatic heterocycles. The van der Waals surface area contributed by atoms with Crippen LogP contribution in [0.5, 0.6) is 0 Å². The van der Waals surface area contributed by atoms with Crippen LogP contribution in [-0.2, 0) is 14.4 Å². The molecule has 0 bridgehead atoms. The number of nitrogens with zero attached hydrogens (tertiary/aromatic N) is 2. The monoisotopic (exact) mass is 380 g/mol. The number of likely N-dealkylation sites (tertiary alicyclic amines) is 1. The number of carboxylic acid groups (broad SMARTS) is 1. The van der Waals surface area contributed by atoms with Crippen LogP contribution < -0.4 is 4.90 Å².